The quantitative estimate of drug-likeness (QED) is 0.424. The van der Waals surface area contributed by atoms with Crippen molar-refractivity contribution in [1.82, 2.24) is 5.01 Å². The number of nitrogens with two attached hydrogens (primary N) is 2. The first-order chi connectivity index (χ1) is 7.75. The predicted molar refractivity (Wildman–Crippen MR) is 64.0 cm³/mol. The minimum Gasteiger partial charge on any atom is -0.399 e. The number of hydrogen-bond acceptors (Lipinski definition) is 4. The van der Waals surface area contributed by atoms with E-state index < -0.39 is 0 Å². The van der Waals surface area contributed by atoms with Gasteiger partial charge in [0, 0.05) is 11.3 Å². The molecule has 0 unspecified atom stereocenters. The van der Waals surface area contributed by atoms with Crippen molar-refractivity contribution >= 4 is 11.5 Å². The molecule has 0 bridgehead atoms. The summed E-state index contributed by atoms with van der Waals surface area (Å²) in [6.07, 6.45) is 0. The van der Waals surface area contributed by atoms with Crippen LogP contribution in [0.4, 0.5) is 5.69 Å². The highest BCUT2D eigenvalue weighted by Gasteiger charge is 2.08. The first kappa shape index (κ1) is 10.8. The van der Waals surface area contributed by atoms with Gasteiger partial charge < -0.3 is 16.2 Å². The van der Waals surface area contributed by atoms with Crippen molar-refractivity contribution in [2.45, 2.75) is 0 Å². The molecular formula is C11H16N4O. The van der Waals surface area contributed by atoms with Crippen molar-refractivity contribution in [3.05, 3.63) is 29.8 Å². The van der Waals surface area contributed by atoms with E-state index >= 15 is 0 Å². The average molecular weight is 220 g/mol. The minimum atomic E-state index is 0.516. The molecule has 5 nitrogen and oxygen atoms in total. The smallest absolute Gasteiger partial charge is 0.150 e. The van der Waals surface area contributed by atoms with Crippen LogP contribution in [0, 0.1) is 0 Å². The fourth-order valence-corrected chi connectivity index (χ4v) is 1.52. The van der Waals surface area contributed by atoms with Gasteiger partial charge in [0.2, 0.25) is 0 Å². The molecule has 0 aromatic heterocycles. The van der Waals surface area contributed by atoms with Crippen LogP contribution in [0.5, 0.6) is 0 Å². The van der Waals surface area contributed by atoms with Crippen molar-refractivity contribution in [2.75, 3.05) is 32.0 Å². The van der Waals surface area contributed by atoms with E-state index in [1.807, 2.05) is 29.3 Å². The highest BCUT2D eigenvalue weighted by Crippen LogP contribution is 2.06. The molecule has 1 aliphatic rings. The maximum absolute atomic E-state index is 5.90. The molecule has 0 aliphatic carbocycles. The Bertz CT molecular complexity index is 368. The molecule has 1 saturated heterocycles. The van der Waals surface area contributed by atoms with Crippen LogP contribution in [0.25, 0.3) is 0 Å². The molecule has 1 aromatic carbocycles. The van der Waals surface area contributed by atoms with Crippen LogP contribution in [0.15, 0.2) is 29.4 Å². The van der Waals surface area contributed by atoms with Gasteiger partial charge in [-0.15, -0.1) is 0 Å². The van der Waals surface area contributed by atoms with Crippen molar-refractivity contribution in [1.29, 1.82) is 0 Å². The van der Waals surface area contributed by atoms with Crippen LogP contribution < -0.4 is 11.5 Å². The van der Waals surface area contributed by atoms with Crippen LogP contribution in [-0.2, 0) is 4.74 Å². The summed E-state index contributed by atoms with van der Waals surface area (Å²) >= 11 is 0. The van der Waals surface area contributed by atoms with E-state index in [0.29, 0.717) is 19.0 Å². The van der Waals surface area contributed by atoms with E-state index in [1.165, 1.54) is 0 Å². The molecule has 1 fully saturated rings. The lowest BCUT2D eigenvalue weighted by molar-refractivity contribution is 0.0393. The lowest BCUT2D eigenvalue weighted by Gasteiger charge is -2.24. The van der Waals surface area contributed by atoms with Gasteiger partial charge in [-0.05, 0) is 24.3 Å². The SMILES string of the molecule is N/C(=N\N1CCOCC1)c1ccc(N)cc1. The predicted octanol–water partition coefficient (Wildman–Crippen LogP) is 0.221. The largest absolute Gasteiger partial charge is 0.399 e. The van der Waals surface area contributed by atoms with Gasteiger partial charge in [0.05, 0.1) is 26.3 Å². The molecule has 5 heteroatoms. The second kappa shape index (κ2) is 4.85. The van der Waals surface area contributed by atoms with Gasteiger partial charge in [-0.3, -0.25) is 5.01 Å². The zero-order valence-electron chi connectivity index (χ0n) is 9.10. The normalized spacial score (nSPS) is 17.5. The summed E-state index contributed by atoms with van der Waals surface area (Å²) in [6, 6.07) is 7.37. The summed E-state index contributed by atoms with van der Waals surface area (Å²) in [7, 11) is 0. The fourth-order valence-electron chi connectivity index (χ4n) is 1.52. The third kappa shape index (κ3) is 2.64. The van der Waals surface area contributed by atoms with Crippen molar-refractivity contribution in [2.24, 2.45) is 10.8 Å². The van der Waals surface area contributed by atoms with Crippen LogP contribution in [0.3, 0.4) is 0 Å². The van der Waals surface area contributed by atoms with Gasteiger partial charge in [-0.25, -0.2) is 0 Å². The molecule has 1 heterocycles. The van der Waals surface area contributed by atoms with Crippen molar-refractivity contribution in [3.63, 3.8) is 0 Å². The lowest BCUT2D eigenvalue weighted by atomic mass is 10.2. The number of nitrogen functional groups attached to an aromatic ring is 1. The van der Waals surface area contributed by atoms with E-state index in [0.717, 1.165) is 24.3 Å². The van der Waals surface area contributed by atoms with Crippen LogP contribution in [-0.4, -0.2) is 37.1 Å². The fraction of sp³-hybridized carbons (Fsp3) is 0.364. The summed E-state index contributed by atoms with van der Waals surface area (Å²) in [5.74, 6) is 0.516. The number of amidine groups is 1. The van der Waals surface area contributed by atoms with E-state index in [9.17, 15) is 0 Å². The monoisotopic (exact) mass is 220 g/mol. The van der Waals surface area contributed by atoms with Crippen LogP contribution in [0.2, 0.25) is 0 Å². The Morgan fingerprint density at radius 2 is 1.81 bits per heavy atom. The summed E-state index contributed by atoms with van der Waals surface area (Å²) < 4.78 is 5.23. The Hall–Kier alpha value is -1.75. The van der Waals surface area contributed by atoms with E-state index in [1.54, 1.807) is 0 Å². The molecule has 0 spiro atoms. The molecule has 0 saturated carbocycles. The maximum Gasteiger partial charge on any atom is 0.150 e. The molecule has 1 aromatic rings. The lowest BCUT2D eigenvalue weighted by Crippen LogP contribution is -2.34. The molecule has 1 aliphatic heterocycles. The number of nitrogens with zero attached hydrogens (tertiary/aromatic N) is 2. The molecule has 4 N–H and O–H groups in total. The number of rotatable bonds is 2. The second-order valence-electron chi connectivity index (χ2n) is 3.67. The van der Waals surface area contributed by atoms with Crippen LogP contribution in [0.1, 0.15) is 5.56 Å². The highest BCUT2D eigenvalue weighted by atomic mass is 16.5. The third-order valence-corrected chi connectivity index (χ3v) is 2.44. The second-order valence-corrected chi connectivity index (χ2v) is 3.67. The summed E-state index contributed by atoms with van der Waals surface area (Å²) in [6.45, 7) is 2.99. The van der Waals surface area contributed by atoms with Gasteiger partial charge >= 0.3 is 0 Å². The molecule has 16 heavy (non-hydrogen) atoms. The number of anilines is 1. The van der Waals surface area contributed by atoms with E-state index in [2.05, 4.69) is 5.10 Å². The molecule has 0 atom stereocenters. The summed E-state index contributed by atoms with van der Waals surface area (Å²) in [4.78, 5) is 0. The van der Waals surface area contributed by atoms with Gasteiger partial charge in [-0.2, -0.15) is 5.10 Å². The standard InChI is InChI=1S/C11H16N4O/c12-10-3-1-9(2-4-10)11(13)14-15-5-7-16-8-6-15/h1-4H,5-8,12H2,(H2,13,14). The van der Waals surface area contributed by atoms with Crippen molar-refractivity contribution < 1.29 is 4.74 Å². The van der Waals surface area contributed by atoms with E-state index in [-0.39, 0.29) is 0 Å². The zero-order chi connectivity index (χ0) is 11.4. The number of hydrogen-bond donors (Lipinski definition) is 2. The number of hydrazone groups is 1. The van der Waals surface area contributed by atoms with Gasteiger partial charge in [0.1, 0.15) is 0 Å². The zero-order valence-corrected chi connectivity index (χ0v) is 9.10. The number of ether oxygens (including phenoxy) is 1. The minimum absolute atomic E-state index is 0.516. The maximum atomic E-state index is 5.90. The average Bonchev–Trinajstić information content (AvgIpc) is 2.31. The summed E-state index contributed by atoms with van der Waals surface area (Å²) in [5.41, 5.74) is 13.1. The molecule has 86 valence electrons. The Balaban J connectivity index is 2.07. The highest BCUT2D eigenvalue weighted by molar-refractivity contribution is 5.97. The van der Waals surface area contributed by atoms with Crippen molar-refractivity contribution in [3.8, 4) is 0 Å². The Morgan fingerprint density at radius 1 is 1.19 bits per heavy atom. The molecule has 2 rings (SSSR count). The van der Waals surface area contributed by atoms with Gasteiger partial charge in [0.15, 0.2) is 5.84 Å². The first-order valence-electron chi connectivity index (χ1n) is 5.28. The Labute approximate surface area is 94.7 Å². The molecule has 0 amide bonds. The molecular weight excluding hydrogens is 204 g/mol. The first-order valence-corrected chi connectivity index (χ1v) is 5.28. The Kier molecular flexibility index (Phi) is 3.26. The Morgan fingerprint density at radius 3 is 2.44 bits per heavy atom. The van der Waals surface area contributed by atoms with E-state index in [4.69, 9.17) is 16.2 Å². The topological polar surface area (TPSA) is 76.9 Å². The third-order valence-electron chi connectivity index (χ3n) is 2.44. The van der Waals surface area contributed by atoms with Gasteiger partial charge in [-0.1, -0.05) is 0 Å². The van der Waals surface area contributed by atoms with Crippen LogP contribution >= 0.6 is 0 Å². The summed E-state index contributed by atoms with van der Waals surface area (Å²) in [5, 5.41) is 6.27. The van der Waals surface area contributed by atoms with Gasteiger partial charge in [0.25, 0.3) is 0 Å². The molecule has 0 radical (unpaired) electrons. The number of benzene rings is 1. The number of morpholine rings is 1.